The van der Waals surface area contributed by atoms with Crippen molar-refractivity contribution < 1.29 is 19.1 Å². The van der Waals surface area contributed by atoms with Crippen molar-refractivity contribution in [3.63, 3.8) is 0 Å². The predicted molar refractivity (Wildman–Crippen MR) is 233 cm³/mol. The Morgan fingerprint density at radius 1 is 0.407 bits per heavy atom. The van der Waals surface area contributed by atoms with Crippen LogP contribution >= 0.6 is 0 Å². The number of esters is 2. The number of hydrogen-bond acceptors (Lipinski definition) is 5. The van der Waals surface area contributed by atoms with E-state index in [4.69, 9.17) is 9.47 Å². The fourth-order valence-electron chi connectivity index (χ4n) is 8.72. The van der Waals surface area contributed by atoms with Crippen molar-refractivity contribution in [3.8, 4) is 0 Å². The van der Waals surface area contributed by atoms with Crippen molar-refractivity contribution in [2.75, 3.05) is 32.8 Å². The van der Waals surface area contributed by atoms with E-state index in [1.807, 2.05) is 0 Å². The van der Waals surface area contributed by atoms with Crippen LogP contribution in [0.5, 0.6) is 0 Å². The van der Waals surface area contributed by atoms with Gasteiger partial charge in [-0.25, -0.2) is 0 Å². The average molecular weight is 762 g/mol. The Kier molecular flexibility index (Phi) is 36.5. The quantitative estimate of drug-likeness (QED) is 0.0460. The first kappa shape index (κ1) is 50.9. The predicted octanol–water partition coefficient (Wildman–Crippen LogP) is 15.0. The van der Waals surface area contributed by atoms with E-state index in [0.717, 1.165) is 56.3 Å². The van der Waals surface area contributed by atoms with E-state index in [-0.39, 0.29) is 11.9 Å². The summed E-state index contributed by atoms with van der Waals surface area (Å²) in [5, 5.41) is 0. The van der Waals surface area contributed by atoms with E-state index in [0.29, 0.717) is 26.1 Å². The summed E-state index contributed by atoms with van der Waals surface area (Å²) in [4.78, 5) is 27.5. The molecule has 320 valence electrons. The smallest absolute Gasteiger partial charge is 0.305 e. The van der Waals surface area contributed by atoms with E-state index >= 15 is 0 Å². The number of carbonyl (C=O) groups is 2. The van der Waals surface area contributed by atoms with Gasteiger partial charge < -0.3 is 14.4 Å². The fourth-order valence-corrected chi connectivity index (χ4v) is 8.72. The van der Waals surface area contributed by atoms with Gasteiger partial charge in [0, 0.05) is 19.4 Å². The van der Waals surface area contributed by atoms with Crippen molar-refractivity contribution >= 4 is 11.9 Å². The number of piperidine rings is 1. The maximum atomic E-state index is 12.4. The fraction of sp³-hybridized carbons (Fsp3) is 0.959. The molecule has 0 N–H and O–H groups in total. The lowest BCUT2D eigenvalue weighted by Crippen LogP contribution is -2.34. The highest BCUT2D eigenvalue weighted by Gasteiger charge is 2.17. The first-order valence-electron chi connectivity index (χ1n) is 24.6. The van der Waals surface area contributed by atoms with Crippen molar-refractivity contribution in [2.24, 2.45) is 17.8 Å². The number of unbranched alkanes of at least 4 members (excludes halogenated alkanes) is 16. The highest BCUT2D eigenvalue weighted by Crippen LogP contribution is 2.24. The van der Waals surface area contributed by atoms with Gasteiger partial charge in [0.2, 0.25) is 0 Å². The van der Waals surface area contributed by atoms with E-state index < -0.39 is 0 Å². The second-order valence-corrected chi connectivity index (χ2v) is 17.6. The van der Waals surface area contributed by atoms with E-state index in [1.54, 1.807) is 0 Å². The maximum Gasteiger partial charge on any atom is 0.305 e. The van der Waals surface area contributed by atoms with Crippen molar-refractivity contribution in [1.82, 2.24) is 4.90 Å². The molecule has 1 fully saturated rings. The summed E-state index contributed by atoms with van der Waals surface area (Å²) >= 11 is 0. The Hall–Kier alpha value is -1.10. The molecule has 0 amide bonds. The molecule has 0 unspecified atom stereocenters. The second kappa shape index (κ2) is 38.8. The summed E-state index contributed by atoms with van der Waals surface area (Å²) < 4.78 is 11.4. The summed E-state index contributed by atoms with van der Waals surface area (Å²) in [6, 6.07) is 0. The van der Waals surface area contributed by atoms with Crippen LogP contribution in [-0.4, -0.2) is 49.7 Å². The van der Waals surface area contributed by atoms with Gasteiger partial charge >= 0.3 is 11.9 Å². The number of likely N-dealkylation sites (tertiary alicyclic amines) is 1. The minimum atomic E-state index is 0.0204. The van der Waals surface area contributed by atoms with Crippen LogP contribution in [-0.2, 0) is 19.1 Å². The molecule has 1 heterocycles. The Labute approximate surface area is 338 Å². The second-order valence-electron chi connectivity index (χ2n) is 17.6. The number of carbonyl (C=O) groups excluding carboxylic acids is 2. The molecule has 0 aromatic rings. The molecule has 0 radical (unpaired) electrons. The van der Waals surface area contributed by atoms with Gasteiger partial charge in [-0.15, -0.1) is 0 Å². The van der Waals surface area contributed by atoms with Crippen LogP contribution in [0.2, 0.25) is 0 Å². The van der Waals surface area contributed by atoms with Gasteiger partial charge in [0.1, 0.15) is 0 Å². The van der Waals surface area contributed by atoms with Crippen LogP contribution in [0.15, 0.2) is 0 Å². The molecule has 0 aliphatic carbocycles. The van der Waals surface area contributed by atoms with Crippen molar-refractivity contribution in [2.45, 2.75) is 252 Å². The lowest BCUT2D eigenvalue weighted by Gasteiger charge is -2.30. The summed E-state index contributed by atoms with van der Waals surface area (Å²) in [5.74, 6) is 2.31. The Morgan fingerprint density at radius 3 is 1.13 bits per heavy atom. The molecule has 0 atom stereocenters. The topological polar surface area (TPSA) is 55.8 Å². The molecule has 54 heavy (non-hydrogen) atoms. The molecule has 1 saturated heterocycles. The summed E-state index contributed by atoms with van der Waals surface area (Å²) in [5.41, 5.74) is 0. The monoisotopic (exact) mass is 762 g/mol. The molecule has 0 aromatic heterocycles. The molecule has 5 heteroatoms. The standard InChI is InChI=1S/C49H95NO4/c1-5-9-20-30-45(31-21-10-6-2)38-42-53-48(51)36-26-17-13-15-24-34-47(44-50-40-28-19-29-41-50)35-25-16-14-18-27-37-49(52)54-43-39-46(32-22-11-7-3)33-23-12-8-4/h45-47H,5-44H2,1-4H3. The highest BCUT2D eigenvalue weighted by atomic mass is 16.5. The van der Waals surface area contributed by atoms with Crippen LogP contribution in [0.1, 0.15) is 252 Å². The number of hydrogen-bond donors (Lipinski definition) is 0. The zero-order chi connectivity index (χ0) is 39.2. The SMILES string of the molecule is CCCCCC(CCCCC)CCOC(=O)CCCCCCCC(CCCCCCCC(=O)OCCC(CCCCC)CCCCC)CN1CCCCC1. The van der Waals surface area contributed by atoms with E-state index in [1.165, 1.54) is 193 Å². The number of ether oxygens (including phenoxy) is 2. The molecular weight excluding hydrogens is 667 g/mol. The van der Waals surface area contributed by atoms with Gasteiger partial charge in [-0.05, 0) is 82.2 Å². The van der Waals surface area contributed by atoms with Gasteiger partial charge in [-0.2, -0.15) is 0 Å². The van der Waals surface area contributed by atoms with Gasteiger partial charge in [0.25, 0.3) is 0 Å². The third-order valence-electron chi connectivity index (χ3n) is 12.4. The molecule has 0 saturated carbocycles. The van der Waals surface area contributed by atoms with E-state index in [2.05, 4.69) is 32.6 Å². The normalized spacial score (nSPS) is 13.8. The lowest BCUT2D eigenvalue weighted by atomic mass is 9.92. The summed E-state index contributed by atoms with van der Waals surface area (Å²) in [6.45, 7) is 14.2. The summed E-state index contributed by atoms with van der Waals surface area (Å²) in [6.07, 6.45) is 42.9. The van der Waals surface area contributed by atoms with Crippen LogP contribution in [0.25, 0.3) is 0 Å². The van der Waals surface area contributed by atoms with Gasteiger partial charge in [-0.3, -0.25) is 9.59 Å². The Balaban J connectivity index is 2.20. The van der Waals surface area contributed by atoms with Crippen LogP contribution in [0, 0.1) is 17.8 Å². The molecule has 1 aliphatic rings. The maximum absolute atomic E-state index is 12.4. The molecular formula is C49H95NO4. The largest absolute Gasteiger partial charge is 0.466 e. The first-order chi connectivity index (χ1) is 26.5. The summed E-state index contributed by atoms with van der Waals surface area (Å²) in [7, 11) is 0. The van der Waals surface area contributed by atoms with Crippen LogP contribution in [0.4, 0.5) is 0 Å². The van der Waals surface area contributed by atoms with Gasteiger partial charge in [0.05, 0.1) is 13.2 Å². The first-order valence-corrected chi connectivity index (χ1v) is 24.6. The highest BCUT2D eigenvalue weighted by molar-refractivity contribution is 5.69. The third kappa shape index (κ3) is 32.0. The molecule has 0 spiro atoms. The Morgan fingerprint density at radius 2 is 0.741 bits per heavy atom. The molecule has 0 bridgehead atoms. The zero-order valence-corrected chi connectivity index (χ0v) is 37.1. The molecule has 1 rings (SSSR count). The van der Waals surface area contributed by atoms with Crippen LogP contribution < -0.4 is 0 Å². The van der Waals surface area contributed by atoms with Crippen molar-refractivity contribution in [1.29, 1.82) is 0 Å². The molecule has 1 aliphatic heterocycles. The molecule has 0 aromatic carbocycles. The van der Waals surface area contributed by atoms with E-state index in [9.17, 15) is 9.59 Å². The Bertz CT molecular complexity index is 736. The van der Waals surface area contributed by atoms with Crippen molar-refractivity contribution in [3.05, 3.63) is 0 Å². The minimum Gasteiger partial charge on any atom is -0.466 e. The zero-order valence-electron chi connectivity index (χ0n) is 37.1. The van der Waals surface area contributed by atoms with Crippen LogP contribution in [0.3, 0.4) is 0 Å². The van der Waals surface area contributed by atoms with Gasteiger partial charge in [-0.1, -0.05) is 188 Å². The minimum absolute atomic E-state index is 0.0204. The third-order valence-corrected chi connectivity index (χ3v) is 12.4. The number of rotatable bonds is 40. The molecule has 5 nitrogen and oxygen atoms in total. The average Bonchev–Trinajstić information content (AvgIpc) is 3.17. The number of nitrogens with zero attached hydrogens (tertiary/aromatic N) is 1. The lowest BCUT2D eigenvalue weighted by molar-refractivity contribution is -0.145. The van der Waals surface area contributed by atoms with Gasteiger partial charge in [0.15, 0.2) is 0 Å².